The molecule has 0 saturated heterocycles. The van der Waals surface area contributed by atoms with Gasteiger partial charge < -0.3 is 15.3 Å². The molecule has 1 aromatic rings. The van der Waals surface area contributed by atoms with E-state index in [1.807, 2.05) is 0 Å². The number of hydrogen-bond acceptors (Lipinski definition) is 4. The van der Waals surface area contributed by atoms with Crippen LogP contribution in [0.1, 0.15) is 43.5 Å². The zero-order chi connectivity index (χ0) is 14.0. The van der Waals surface area contributed by atoms with Gasteiger partial charge in [-0.15, -0.1) is 0 Å². The first-order valence-electron chi connectivity index (χ1n) is 6.10. The SMILES string of the molecule is CC(=O)c1ccc(O)cc1.CCCCC(O)CO. The Kier molecular flexibility index (Phi) is 8.88. The van der Waals surface area contributed by atoms with Crippen molar-refractivity contribution < 1.29 is 20.1 Å². The van der Waals surface area contributed by atoms with Gasteiger partial charge in [0.15, 0.2) is 5.78 Å². The summed E-state index contributed by atoms with van der Waals surface area (Å²) in [6.07, 6.45) is 2.32. The molecule has 0 spiro atoms. The molecule has 0 bridgehead atoms. The Bertz CT molecular complexity index is 332. The van der Waals surface area contributed by atoms with Crippen molar-refractivity contribution >= 4 is 5.78 Å². The minimum atomic E-state index is -0.491. The van der Waals surface area contributed by atoms with Crippen LogP contribution in [0.4, 0.5) is 0 Å². The van der Waals surface area contributed by atoms with Crippen molar-refractivity contribution in [1.29, 1.82) is 0 Å². The fourth-order valence-corrected chi connectivity index (χ4v) is 1.23. The van der Waals surface area contributed by atoms with Crippen LogP contribution in [-0.2, 0) is 0 Å². The Morgan fingerprint density at radius 1 is 1.28 bits per heavy atom. The number of rotatable bonds is 5. The van der Waals surface area contributed by atoms with Crippen LogP contribution >= 0.6 is 0 Å². The van der Waals surface area contributed by atoms with Crippen molar-refractivity contribution in [3.05, 3.63) is 29.8 Å². The third-order valence-electron chi connectivity index (χ3n) is 2.38. The van der Waals surface area contributed by atoms with Crippen LogP contribution in [0, 0.1) is 0 Å². The molecule has 0 aromatic heterocycles. The number of phenols is 1. The maximum absolute atomic E-state index is 10.7. The lowest BCUT2D eigenvalue weighted by molar-refractivity contribution is 0.0865. The second-order valence-corrected chi connectivity index (χ2v) is 4.08. The molecule has 0 aliphatic heterocycles. The molecular formula is C14H22O4. The predicted octanol–water partition coefficient (Wildman–Crippen LogP) is 2.12. The van der Waals surface area contributed by atoms with Gasteiger partial charge in [-0.05, 0) is 37.6 Å². The highest BCUT2D eigenvalue weighted by Gasteiger charge is 1.98. The van der Waals surface area contributed by atoms with E-state index in [0.717, 1.165) is 19.3 Å². The summed E-state index contributed by atoms with van der Waals surface area (Å²) in [6, 6.07) is 6.18. The number of Topliss-reactive ketones (excluding diaryl/α,β-unsaturated/α-hetero) is 1. The van der Waals surface area contributed by atoms with Crippen LogP contribution in [0.2, 0.25) is 0 Å². The quantitative estimate of drug-likeness (QED) is 0.703. The van der Waals surface area contributed by atoms with Crippen molar-refractivity contribution in [3.63, 3.8) is 0 Å². The summed E-state index contributed by atoms with van der Waals surface area (Å²) in [6.45, 7) is 3.45. The Labute approximate surface area is 108 Å². The molecule has 1 aromatic carbocycles. The van der Waals surface area contributed by atoms with E-state index in [2.05, 4.69) is 6.92 Å². The van der Waals surface area contributed by atoms with Crippen molar-refractivity contribution in [2.45, 2.75) is 39.2 Å². The van der Waals surface area contributed by atoms with Crippen molar-refractivity contribution in [2.24, 2.45) is 0 Å². The summed E-state index contributed by atoms with van der Waals surface area (Å²) < 4.78 is 0. The third kappa shape index (κ3) is 7.81. The lowest BCUT2D eigenvalue weighted by atomic mass is 10.1. The number of phenolic OH excluding ortho intramolecular Hbond substituents is 1. The van der Waals surface area contributed by atoms with Gasteiger partial charge in [-0.25, -0.2) is 0 Å². The van der Waals surface area contributed by atoms with E-state index in [1.54, 1.807) is 12.1 Å². The monoisotopic (exact) mass is 254 g/mol. The smallest absolute Gasteiger partial charge is 0.159 e. The van der Waals surface area contributed by atoms with E-state index >= 15 is 0 Å². The molecule has 0 radical (unpaired) electrons. The van der Waals surface area contributed by atoms with Gasteiger partial charge in [-0.2, -0.15) is 0 Å². The average molecular weight is 254 g/mol. The highest BCUT2D eigenvalue weighted by atomic mass is 16.3. The topological polar surface area (TPSA) is 77.8 Å². The van der Waals surface area contributed by atoms with Crippen molar-refractivity contribution in [1.82, 2.24) is 0 Å². The summed E-state index contributed by atoms with van der Waals surface area (Å²) in [7, 11) is 0. The number of carbonyl (C=O) groups excluding carboxylic acids is 1. The van der Waals surface area contributed by atoms with Crippen LogP contribution in [0.25, 0.3) is 0 Å². The number of aliphatic hydroxyl groups excluding tert-OH is 2. The Balaban J connectivity index is 0.000000331. The minimum Gasteiger partial charge on any atom is -0.508 e. The number of ketones is 1. The summed E-state index contributed by atoms with van der Waals surface area (Å²) in [4.78, 5) is 10.7. The highest BCUT2D eigenvalue weighted by molar-refractivity contribution is 5.94. The Morgan fingerprint density at radius 3 is 2.22 bits per heavy atom. The standard InChI is InChI=1S/C8H8O2.C6H14O2/c1-6(9)7-2-4-8(10)5-3-7;1-2-3-4-6(8)5-7/h2-5,10H,1H3;6-8H,2-5H2,1H3. The Morgan fingerprint density at radius 2 is 1.83 bits per heavy atom. The number of aliphatic hydroxyl groups is 2. The van der Waals surface area contributed by atoms with E-state index < -0.39 is 6.10 Å². The second-order valence-electron chi connectivity index (χ2n) is 4.08. The minimum absolute atomic E-state index is 0.0139. The molecule has 4 nitrogen and oxygen atoms in total. The number of hydrogen-bond donors (Lipinski definition) is 3. The van der Waals surface area contributed by atoms with Gasteiger partial charge in [-0.1, -0.05) is 19.8 Å². The van der Waals surface area contributed by atoms with Crippen LogP contribution in [0.5, 0.6) is 5.75 Å². The first-order chi connectivity index (χ1) is 8.51. The molecule has 0 heterocycles. The van der Waals surface area contributed by atoms with E-state index in [4.69, 9.17) is 15.3 Å². The van der Waals surface area contributed by atoms with Crippen LogP contribution in [0.3, 0.4) is 0 Å². The maximum atomic E-state index is 10.7. The number of aromatic hydroxyl groups is 1. The number of benzene rings is 1. The van der Waals surface area contributed by atoms with E-state index in [1.165, 1.54) is 19.1 Å². The predicted molar refractivity (Wildman–Crippen MR) is 70.7 cm³/mol. The van der Waals surface area contributed by atoms with Gasteiger partial charge in [0.25, 0.3) is 0 Å². The summed E-state index contributed by atoms with van der Waals surface area (Å²) in [5.41, 5.74) is 0.623. The summed E-state index contributed by atoms with van der Waals surface area (Å²) >= 11 is 0. The molecule has 102 valence electrons. The molecule has 1 atom stereocenters. The van der Waals surface area contributed by atoms with Crippen LogP contribution < -0.4 is 0 Å². The maximum Gasteiger partial charge on any atom is 0.159 e. The molecule has 3 N–H and O–H groups in total. The van der Waals surface area contributed by atoms with Crippen molar-refractivity contribution in [2.75, 3.05) is 6.61 Å². The lowest BCUT2D eigenvalue weighted by Gasteiger charge is -2.02. The average Bonchev–Trinajstić information content (AvgIpc) is 2.37. The Hall–Kier alpha value is -1.39. The molecular weight excluding hydrogens is 232 g/mol. The number of carbonyl (C=O) groups is 1. The van der Waals surface area contributed by atoms with Gasteiger partial charge in [0.2, 0.25) is 0 Å². The van der Waals surface area contributed by atoms with E-state index in [9.17, 15) is 4.79 Å². The zero-order valence-corrected chi connectivity index (χ0v) is 11.0. The van der Waals surface area contributed by atoms with Gasteiger partial charge in [0.05, 0.1) is 12.7 Å². The molecule has 1 rings (SSSR count). The van der Waals surface area contributed by atoms with E-state index in [-0.39, 0.29) is 18.1 Å². The lowest BCUT2D eigenvalue weighted by Crippen LogP contribution is -2.10. The first kappa shape index (κ1) is 16.6. The number of unbranched alkanes of at least 4 members (excludes halogenated alkanes) is 1. The fraction of sp³-hybridized carbons (Fsp3) is 0.500. The highest BCUT2D eigenvalue weighted by Crippen LogP contribution is 2.09. The van der Waals surface area contributed by atoms with Crippen molar-refractivity contribution in [3.8, 4) is 5.75 Å². The van der Waals surface area contributed by atoms with Gasteiger partial charge >= 0.3 is 0 Å². The van der Waals surface area contributed by atoms with Gasteiger partial charge in [0, 0.05) is 5.56 Å². The first-order valence-corrected chi connectivity index (χ1v) is 6.10. The normalized spacial score (nSPS) is 11.3. The van der Waals surface area contributed by atoms with E-state index in [0.29, 0.717) is 5.56 Å². The largest absolute Gasteiger partial charge is 0.508 e. The molecule has 0 saturated carbocycles. The molecule has 1 unspecified atom stereocenters. The fourth-order valence-electron chi connectivity index (χ4n) is 1.23. The second kappa shape index (κ2) is 9.62. The summed E-state index contributed by atoms with van der Waals surface area (Å²) in [5, 5.41) is 25.9. The molecule has 4 heteroatoms. The van der Waals surface area contributed by atoms with Crippen LogP contribution in [-0.4, -0.2) is 33.8 Å². The third-order valence-corrected chi connectivity index (χ3v) is 2.38. The molecule has 0 aliphatic carbocycles. The van der Waals surface area contributed by atoms with Crippen LogP contribution in [0.15, 0.2) is 24.3 Å². The van der Waals surface area contributed by atoms with Gasteiger partial charge in [0.1, 0.15) is 5.75 Å². The molecule has 0 fully saturated rings. The van der Waals surface area contributed by atoms with Gasteiger partial charge in [-0.3, -0.25) is 4.79 Å². The summed E-state index contributed by atoms with van der Waals surface area (Å²) in [5.74, 6) is 0.199. The zero-order valence-electron chi connectivity index (χ0n) is 11.0. The molecule has 0 aliphatic rings. The molecule has 0 amide bonds. The molecule has 18 heavy (non-hydrogen) atoms.